The Morgan fingerprint density at radius 2 is 1.82 bits per heavy atom. The monoisotopic (exact) mass is 321 g/mol. The summed E-state index contributed by atoms with van der Waals surface area (Å²) in [5.74, 6) is 1.74. The predicted octanol–water partition coefficient (Wildman–Crippen LogP) is 3.18. The van der Waals surface area contributed by atoms with E-state index in [1.165, 1.54) is 0 Å². The summed E-state index contributed by atoms with van der Waals surface area (Å²) in [5, 5.41) is 8.78. The van der Waals surface area contributed by atoms with Gasteiger partial charge >= 0.3 is 0 Å². The minimum Gasteiger partial charge on any atom is -0.493 e. The van der Waals surface area contributed by atoms with Gasteiger partial charge in [-0.2, -0.15) is 5.26 Å². The topological polar surface area (TPSA) is 67.2 Å². The van der Waals surface area contributed by atoms with E-state index in [2.05, 4.69) is 6.07 Å². The van der Waals surface area contributed by atoms with E-state index in [0.29, 0.717) is 18.1 Å². The zero-order valence-corrected chi connectivity index (χ0v) is 13.8. The molecule has 0 N–H and O–H groups in total. The van der Waals surface area contributed by atoms with Crippen LogP contribution in [0.2, 0.25) is 0 Å². The highest BCUT2D eigenvalue weighted by atomic mass is 32.2. The molecular formula is C17H23NO3S. The second kappa shape index (κ2) is 7.64. The zero-order chi connectivity index (χ0) is 16.0. The van der Waals surface area contributed by atoms with Gasteiger partial charge in [-0.05, 0) is 48.9 Å². The van der Waals surface area contributed by atoms with E-state index < -0.39 is 9.84 Å². The Morgan fingerprint density at radius 3 is 2.41 bits per heavy atom. The summed E-state index contributed by atoms with van der Waals surface area (Å²) in [4.78, 5) is 0. The van der Waals surface area contributed by atoms with E-state index >= 15 is 0 Å². The molecule has 2 unspecified atom stereocenters. The predicted molar refractivity (Wildman–Crippen MR) is 86.4 cm³/mol. The van der Waals surface area contributed by atoms with Gasteiger partial charge in [0.2, 0.25) is 0 Å². The van der Waals surface area contributed by atoms with Crippen LogP contribution >= 0.6 is 0 Å². The van der Waals surface area contributed by atoms with Crippen molar-refractivity contribution in [2.75, 3.05) is 18.1 Å². The molecule has 1 aromatic rings. The molecule has 0 spiro atoms. The van der Waals surface area contributed by atoms with E-state index in [1.807, 2.05) is 0 Å². The van der Waals surface area contributed by atoms with Crippen LogP contribution in [0, 0.1) is 23.2 Å². The zero-order valence-electron chi connectivity index (χ0n) is 13.0. The number of rotatable bonds is 6. The number of hydrogen-bond acceptors (Lipinski definition) is 4. The van der Waals surface area contributed by atoms with Crippen molar-refractivity contribution in [3.63, 3.8) is 0 Å². The van der Waals surface area contributed by atoms with Gasteiger partial charge in [0.15, 0.2) is 0 Å². The van der Waals surface area contributed by atoms with E-state index in [0.717, 1.165) is 31.4 Å². The third-order valence-electron chi connectivity index (χ3n) is 4.42. The average molecular weight is 321 g/mol. The number of sulfone groups is 1. The number of nitrogens with zero attached hydrogens (tertiary/aromatic N) is 1. The van der Waals surface area contributed by atoms with Crippen molar-refractivity contribution in [2.45, 2.75) is 32.6 Å². The van der Waals surface area contributed by atoms with Crippen molar-refractivity contribution >= 4 is 9.84 Å². The first-order chi connectivity index (χ1) is 10.5. The lowest BCUT2D eigenvalue weighted by molar-refractivity contribution is 0.161. The molecule has 22 heavy (non-hydrogen) atoms. The van der Waals surface area contributed by atoms with Crippen molar-refractivity contribution in [3.8, 4) is 11.8 Å². The molecule has 4 nitrogen and oxygen atoms in total. The molecule has 1 saturated carbocycles. The largest absolute Gasteiger partial charge is 0.493 e. The second-order valence-corrected chi connectivity index (χ2v) is 8.35. The Morgan fingerprint density at radius 1 is 1.18 bits per heavy atom. The average Bonchev–Trinajstić information content (AvgIpc) is 2.54. The van der Waals surface area contributed by atoms with Crippen LogP contribution in [-0.4, -0.2) is 26.5 Å². The summed E-state index contributed by atoms with van der Waals surface area (Å²) in [5.41, 5.74) is 0.608. The normalized spacial score (nSPS) is 22.0. The van der Waals surface area contributed by atoms with Crippen molar-refractivity contribution in [2.24, 2.45) is 11.8 Å². The molecule has 1 aromatic carbocycles. The maximum Gasteiger partial charge on any atom is 0.150 e. The van der Waals surface area contributed by atoms with Crippen LogP contribution in [0.3, 0.4) is 0 Å². The molecule has 0 amide bonds. The van der Waals surface area contributed by atoms with Gasteiger partial charge in [0.05, 0.1) is 24.0 Å². The molecule has 0 saturated heterocycles. The lowest BCUT2D eigenvalue weighted by Gasteiger charge is -2.31. The molecule has 2 rings (SSSR count). The van der Waals surface area contributed by atoms with Crippen molar-refractivity contribution in [3.05, 3.63) is 29.8 Å². The van der Waals surface area contributed by atoms with Crippen LogP contribution in [0.5, 0.6) is 5.75 Å². The van der Waals surface area contributed by atoms with Crippen molar-refractivity contribution in [1.82, 2.24) is 0 Å². The molecule has 0 radical (unpaired) electrons. The molecule has 1 aliphatic rings. The minimum absolute atomic E-state index is 0.206. The van der Waals surface area contributed by atoms with E-state index in [1.54, 1.807) is 31.2 Å². The number of nitriles is 1. The van der Waals surface area contributed by atoms with Crippen LogP contribution in [0.25, 0.3) is 0 Å². The first kappa shape index (κ1) is 16.8. The smallest absolute Gasteiger partial charge is 0.150 e. The van der Waals surface area contributed by atoms with Crippen LogP contribution < -0.4 is 4.74 Å². The molecule has 0 aromatic heterocycles. The maximum atomic E-state index is 11.9. The van der Waals surface area contributed by atoms with Crippen LogP contribution in [0.15, 0.2) is 24.3 Å². The van der Waals surface area contributed by atoms with Gasteiger partial charge in [0, 0.05) is 5.75 Å². The lowest BCUT2D eigenvalue weighted by atomic mass is 9.81. The van der Waals surface area contributed by atoms with Gasteiger partial charge < -0.3 is 4.74 Å². The summed E-state index contributed by atoms with van der Waals surface area (Å²) >= 11 is 0. The van der Waals surface area contributed by atoms with E-state index in [4.69, 9.17) is 10.00 Å². The Hall–Kier alpha value is -1.54. The standard InChI is InChI=1S/C17H23NO3S/c1-2-22(19,20)13-16-6-4-3-5-15(16)12-21-17-9-7-14(11-18)8-10-17/h7-10,15-16H,2-6,12-13H2,1H3. The fraction of sp³-hybridized carbons (Fsp3) is 0.588. The lowest BCUT2D eigenvalue weighted by Crippen LogP contribution is -2.31. The highest BCUT2D eigenvalue weighted by Gasteiger charge is 2.29. The van der Waals surface area contributed by atoms with Crippen molar-refractivity contribution in [1.29, 1.82) is 5.26 Å². The third-order valence-corrected chi connectivity index (χ3v) is 6.24. The van der Waals surface area contributed by atoms with E-state index in [9.17, 15) is 8.42 Å². The Labute approximate surface area is 133 Å². The van der Waals surface area contributed by atoms with Gasteiger partial charge in [-0.15, -0.1) is 0 Å². The number of benzene rings is 1. The first-order valence-corrected chi connectivity index (χ1v) is 9.69. The summed E-state index contributed by atoms with van der Waals surface area (Å²) in [7, 11) is -2.94. The molecule has 0 bridgehead atoms. The SMILES string of the molecule is CCS(=O)(=O)CC1CCCCC1COc1ccc(C#N)cc1. The van der Waals surface area contributed by atoms with Gasteiger partial charge in [-0.1, -0.05) is 19.8 Å². The summed E-state index contributed by atoms with van der Waals surface area (Å²) in [6.45, 7) is 2.26. The van der Waals surface area contributed by atoms with Crippen LogP contribution in [0.4, 0.5) is 0 Å². The number of hydrogen-bond donors (Lipinski definition) is 0. The van der Waals surface area contributed by atoms with E-state index in [-0.39, 0.29) is 17.4 Å². The third kappa shape index (κ3) is 4.74. The number of ether oxygens (including phenoxy) is 1. The van der Waals surface area contributed by atoms with Crippen LogP contribution in [-0.2, 0) is 9.84 Å². The fourth-order valence-corrected chi connectivity index (χ4v) is 4.32. The van der Waals surface area contributed by atoms with Crippen LogP contribution in [0.1, 0.15) is 38.2 Å². The maximum absolute atomic E-state index is 11.9. The van der Waals surface area contributed by atoms with Gasteiger partial charge in [-0.3, -0.25) is 0 Å². The Balaban J connectivity index is 1.95. The quantitative estimate of drug-likeness (QED) is 0.807. The van der Waals surface area contributed by atoms with Gasteiger partial charge in [-0.25, -0.2) is 8.42 Å². The highest BCUT2D eigenvalue weighted by molar-refractivity contribution is 7.91. The molecule has 1 aliphatic carbocycles. The fourth-order valence-electron chi connectivity index (χ4n) is 3.00. The molecule has 1 fully saturated rings. The minimum atomic E-state index is -2.94. The highest BCUT2D eigenvalue weighted by Crippen LogP contribution is 2.32. The molecule has 0 heterocycles. The summed E-state index contributed by atoms with van der Waals surface area (Å²) in [6.07, 6.45) is 4.25. The second-order valence-electron chi connectivity index (χ2n) is 5.95. The Bertz CT molecular complexity index is 616. The Kier molecular flexibility index (Phi) is 5.84. The van der Waals surface area contributed by atoms with Gasteiger partial charge in [0.25, 0.3) is 0 Å². The molecule has 120 valence electrons. The van der Waals surface area contributed by atoms with Crippen molar-refractivity contribution < 1.29 is 13.2 Å². The summed E-state index contributed by atoms with van der Waals surface area (Å²) in [6, 6.07) is 9.12. The molecule has 2 atom stereocenters. The summed E-state index contributed by atoms with van der Waals surface area (Å²) < 4.78 is 29.6. The molecular weight excluding hydrogens is 298 g/mol. The molecule has 0 aliphatic heterocycles. The van der Waals surface area contributed by atoms with Gasteiger partial charge in [0.1, 0.15) is 15.6 Å². The first-order valence-electron chi connectivity index (χ1n) is 7.87. The molecule has 5 heteroatoms.